The number of carbonyl (C=O) groups is 1. The number of H-pyrrole nitrogens is 1. The van der Waals surface area contributed by atoms with Crippen LogP contribution in [0.2, 0.25) is 0 Å². The van der Waals surface area contributed by atoms with E-state index in [9.17, 15) is 4.79 Å². The van der Waals surface area contributed by atoms with Gasteiger partial charge in [0.25, 0.3) is 0 Å². The summed E-state index contributed by atoms with van der Waals surface area (Å²) in [4.78, 5) is 28.4. The van der Waals surface area contributed by atoms with E-state index in [2.05, 4.69) is 25.1 Å². The standard InChI is InChI=1S/C22H20N6OS/c29-19(12-17-14-30-22(24-17)16-8-4-10-23-13-16)28-11-5-9-18(28)21-25-20(26-27-21)15-6-2-1-3-7-15/h1-4,6-8,10,13-14,18H,5,9,11-12H2,(H,25,26,27)/t18-/m1/s1. The molecular weight excluding hydrogens is 396 g/mol. The number of aromatic amines is 1. The van der Waals surface area contributed by atoms with Gasteiger partial charge in [-0.15, -0.1) is 11.3 Å². The fourth-order valence-corrected chi connectivity index (χ4v) is 4.57. The second kappa shape index (κ2) is 8.16. The van der Waals surface area contributed by atoms with Gasteiger partial charge in [0.05, 0.1) is 18.2 Å². The zero-order valence-corrected chi connectivity index (χ0v) is 17.0. The van der Waals surface area contributed by atoms with E-state index in [1.54, 1.807) is 12.4 Å². The average molecular weight is 417 g/mol. The Hall–Kier alpha value is -3.39. The van der Waals surface area contributed by atoms with Crippen LogP contribution in [0.3, 0.4) is 0 Å². The molecule has 0 unspecified atom stereocenters. The highest BCUT2D eigenvalue weighted by atomic mass is 32.1. The van der Waals surface area contributed by atoms with E-state index >= 15 is 0 Å². The lowest BCUT2D eigenvalue weighted by Gasteiger charge is -2.22. The molecule has 1 fully saturated rings. The third-order valence-corrected chi connectivity index (χ3v) is 6.16. The largest absolute Gasteiger partial charge is 0.332 e. The molecule has 1 amide bonds. The Bertz CT molecular complexity index is 1140. The van der Waals surface area contributed by atoms with Crippen molar-refractivity contribution in [3.63, 3.8) is 0 Å². The molecule has 4 aromatic rings. The molecule has 1 atom stereocenters. The van der Waals surface area contributed by atoms with Gasteiger partial charge in [-0.25, -0.2) is 9.97 Å². The smallest absolute Gasteiger partial charge is 0.229 e. The molecule has 8 heteroatoms. The lowest BCUT2D eigenvalue weighted by Crippen LogP contribution is -2.32. The maximum atomic E-state index is 13.0. The molecule has 3 aromatic heterocycles. The number of likely N-dealkylation sites (tertiary alicyclic amines) is 1. The summed E-state index contributed by atoms with van der Waals surface area (Å²) < 4.78 is 0. The summed E-state index contributed by atoms with van der Waals surface area (Å²) in [5.41, 5.74) is 2.72. The van der Waals surface area contributed by atoms with Gasteiger partial charge in [-0.3, -0.25) is 14.9 Å². The van der Waals surface area contributed by atoms with E-state index < -0.39 is 0 Å². The molecule has 1 aliphatic heterocycles. The minimum Gasteiger partial charge on any atom is -0.332 e. The second-order valence-corrected chi connectivity index (χ2v) is 8.08. The van der Waals surface area contributed by atoms with Crippen molar-refractivity contribution in [3.8, 4) is 22.0 Å². The molecule has 0 spiro atoms. The molecule has 1 aromatic carbocycles. The number of aromatic nitrogens is 5. The van der Waals surface area contributed by atoms with Crippen LogP contribution in [0.1, 0.15) is 30.4 Å². The number of nitrogens with one attached hydrogen (secondary N) is 1. The Morgan fingerprint density at radius 3 is 2.83 bits per heavy atom. The third-order valence-electron chi connectivity index (χ3n) is 5.22. The van der Waals surface area contributed by atoms with Crippen LogP contribution in [-0.2, 0) is 11.2 Å². The first-order valence-corrected chi connectivity index (χ1v) is 10.8. The molecule has 1 saturated heterocycles. The van der Waals surface area contributed by atoms with E-state index in [0.717, 1.165) is 47.0 Å². The number of amides is 1. The molecule has 0 bridgehead atoms. The van der Waals surface area contributed by atoms with Gasteiger partial charge >= 0.3 is 0 Å². The number of hydrogen-bond donors (Lipinski definition) is 1. The summed E-state index contributed by atoms with van der Waals surface area (Å²) in [6.45, 7) is 0.727. The minimum absolute atomic E-state index is 0.0678. The molecule has 0 saturated carbocycles. The van der Waals surface area contributed by atoms with Gasteiger partial charge in [0.2, 0.25) is 5.91 Å². The van der Waals surface area contributed by atoms with Crippen LogP contribution in [-0.4, -0.2) is 42.5 Å². The number of hydrogen-bond acceptors (Lipinski definition) is 6. The van der Waals surface area contributed by atoms with Crippen LogP contribution in [0.4, 0.5) is 0 Å². The molecule has 0 aliphatic carbocycles. The predicted molar refractivity (Wildman–Crippen MR) is 115 cm³/mol. The first kappa shape index (κ1) is 18.6. The summed E-state index contributed by atoms with van der Waals surface area (Å²) >= 11 is 1.53. The van der Waals surface area contributed by atoms with Crippen LogP contribution in [0.25, 0.3) is 22.0 Å². The molecule has 1 N–H and O–H groups in total. The Morgan fingerprint density at radius 1 is 1.13 bits per heavy atom. The highest BCUT2D eigenvalue weighted by Gasteiger charge is 2.32. The van der Waals surface area contributed by atoms with Gasteiger partial charge in [0.1, 0.15) is 10.8 Å². The summed E-state index contributed by atoms with van der Waals surface area (Å²) in [5.74, 6) is 1.47. The maximum Gasteiger partial charge on any atom is 0.229 e. The lowest BCUT2D eigenvalue weighted by atomic mass is 10.2. The maximum absolute atomic E-state index is 13.0. The number of benzene rings is 1. The normalized spacial score (nSPS) is 16.1. The van der Waals surface area contributed by atoms with E-state index in [4.69, 9.17) is 0 Å². The zero-order valence-electron chi connectivity index (χ0n) is 16.2. The van der Waals surface area contributed by atoms with Crippen LogP contribution < -0.4 is 0 Å². The van der Waals surface area contributed by atoms with E-state index in [1.807, 2.05) is 52.7 Å². The second-order valence-electron chi connectivity index (χ2n) is 7.22. The highest BCUT2D eigenvalue weighted by Crippen LogP contribution is 2.32. The SMILES string of the molecule is O=C(Cc1csc(-c2cccnc2)n1)N1CCC[C@@H]1c1nc(-c2ccccc2)n[nH]1. The highest BCUT2D eigenvalue weighted by molar-refractivity contribution is 7.13. The van der Waals surface area contributed by atoms with Crippen LogP contribution in [0.15, 0.2) is 60.2 Å². The monoisotopic (exact) mass is 416 g/mol. The summed E-state index contributed by atoms with van der Waals surface area (Å²) in [6.07, 6.45) is 5.65. The molecular formula is C22H20N6OS. The van der Waals surface area contributed by atoms with Crippen molar-refractivity contribution in [1.29, 1.82) is 0 Å². The molecule has 7 nitrogen and oxygen atoms in total. The van der Waals surface area contributed by atoms with Gasteiger partial charge in [-0.05, 0) is 25.0 Å². The Morgan fingerprint density at radius 2 is 2.00 bits per heavy atom. The lowest BCUT2D eigenvalue weighted by molar-refractivity contribution is -0.131. The van der Waals surface area contributed by atoms with Crippen molar-refractivity contribution >= 4 is 17.2 Å². The quantitative estimate of drug-likeness (QED) is 0.533. The molecule has 0 radical (unpaired) electrons. The first-order valence-electron chi connectivity index (χ1n) is 9.90. The van der Waals surface area contributed by atoms with Crippen LogP contribution in [0, 0.1) is 0 Å². The van der Waals surface area contributed by atoms with E-state index in [-0.39, 0.29) is 18.4 Å². The molecule has 150 valence electrons. The summed E-state index contributed by atoms with van der Waals surface area (Å²) in [5, 5.41) is 10.2. The van der Waals surface area contributed by atoms with Gasteiger partial charge in [0.15, 0.2) is 5.82 Å². The number of carbonyl (C=O) groups excluding carboxylic acids is 1. The van der Waals surface area contributed by atoms with Gasteiger partial charge in [-0.2, -0.15) is 5.10 Å². The molecule has 1 aliphatic rings. The zero-order chi connectivity index (χ0) is 20.3. The predicted octanol–water partition coefficient (Wildman–Crippen LogP) is 3.90. The van der Waals surface area contributed by atoms with Crippen LogP contribution >= 0.6 is 11.3 Å². The number of nitrogens with zero attached hydrogens (tertiary/aromatic N) is 5. The average Bonchev–Trinajstić information content (AvgIpc) is 3.55. The molecule has 30 heavy (non-hydrogen) atoms. The summed E-state index contributed by atoms with van der Waals surface area (Å²) in [6, 6.07) is 13.6. The Kier molecular flexibility index (Phi) is 5.06. The molecule has 4 heterocycles. The molecule has 5 rings (SSSR count). The van der Waals surface area contributed by atoms with Crippen molar-refractivity contribution in [2.24, 2.45) is 0 Å². The fraction of sp³-hybridized carbons (Fsp3) is 0.227. The van der Waals surface area contributed by atoms with Crippen molar-refractivity contribution in [2.75, 3.05) is 6.54 Å². The van der Waals surface area contributed by atoms with Crippen molar-refractivity contribution < 1.29 is 4.79 Å². The fourth-order valence-electron chi connectivity index (χ4n) is 3.76. The number of thiazole rings is 1. The first-order chi connectivity index (χ1) is 14.8. The summed E-state index contributed by atoms with van der Waals surface area (Å²) in [7, 11) is 0. The van der Waals surface area contributed by atoms with Gasteiger partial charge in [0, 0.05) is 35.4 Å². The van der Waals surface area contributed by atoms with E-state index in [0.29, 0.717) is 5.82 Å². The third kappa shape index (κ3) is 3.73. The Balaban J connectivity index is 1.30. The van der Waals surface area contributed by atoms with Gasteiger partial charge in [-0.1, -0.05) is 30.3 Å². The topological polar surface area (TPSA) is 87.7 Å². The number of pyridine rings is 1. The number of rotatable bonds is 5. The van der Waals surface area contributed by atoms with E-state index in [1.165, 1.54) is 11.3 Å². The Labute approximate surface area is 177 Å². The van der Waals surface area contributed by atoms with Crippen LogP contribution in [0.5, 0.6) is 0 Å². The van der Waals surface area contributed by atoms with Crippen molar-refractivity contribution in [1.82, 2.24) is 30.0 Å². The van der Waals surface area contributed by atoms with Gasteiger partial charge < -0.3 is 4.90 Å². The van der Waals surface area contributed by atoms with Crippen molar-refractivity contribution in [2.45, 2.75) is 25.3 Å². The van der Waals surface area contributed by atoms with Crippen molar-refractivity contribution in [3.05, 3.63) is 71.8 Å². The minimum atomic E-state index is -0.0705.